The molecule has 0 saturated carbocycles. The maximum absolute atomic E-state index is 12.5. The minimum Gasteiger partial charge on any atom is -0.310 e. The zero-order chi connectivity index (χ0) is 16.9. The molecule has 0 aliphatic heterocycles. The second kappa shape index (κ2) is 7.47. The minimum absolute atomic E-state index is 0.126. The van der Waals surface area contributed by atoms with Gasteiger partial charge in [0.2, 0.25) is 0 Å². The summed E-state index contributed by atoms with van der Waals surface area (Å²) in [5, 5.41) is 1.52. The fraction of sp³-hybridized carbons (Fsp3) is 0.0556. The largest absolute Gasteiger partial charge is 0.310 e. The van der Waals surface area contributed by atoms with E-state index in [9.17, 15) is 4.79 Å². The molecule has 6 heteroatoms. The van der Waals surface area contributed by atoms with E-state index in [-0.39, 0.29) is 5.91 Å². The lowest BCUT2D eigenvalue weighted by atomic mass is 10.2. The Hall–Kier alpha value is -2.37. The zero-order valence-electron chi connectivity index (χ0n) is 12.9. The fourth-order valence-corrected chi connectivity index (χ4v) is 2.93. The van der Waals surface area contributed by atoms with E-state index in [0.29, 0.717) is 10.6 Å². The van der Waals surface area contributed by atoms with E-state index in [4.69, 9.17) is 11.6 Å². The highest BCUT2D eigenvalue weighted by molar-refractivity contribution is 7.99. The van der Waals surface area contributed by atoms with E-state index >= 15 is 0 Å². The summed E-state index contributed by atoms with van der Waals surface area (Å²) >= 11 is 7.40. The average Bonchev–Trinajstić information content (AvgIpc) is 2.64. The molecule has 0 spiro atoms. The van der Waals surface area contributed by atoms with Gasteiger partial charge in [0.1, 0.15) is 5.03 Å². The number of rotatable bonds is 4. The second-order valence-electron chi connectivity index (χ2n) is 5.02. The maximum atomic E-state index is 12.5. The summed E-state index contributed by atoms with van der Waals surface area (Å²) in [5.41, 5.74) is 1.27. The summed E-state index contributed by atoms with van der Waals surface area (Å²) in [5.74, 6) is -0.126. The molecular formula is C18H14ClN3OS. The zero-order valence-corrected chi connectivity index (χ0v) is 14.5. The van der Waals surface area contributed by atoms with E-state index in [1.807, 2.05) is 36.4 Å². The predicted octanol–water partition coefficient (Wildman–Crippen LogP) is 4.56. The van der Waals surface area contributed by atoms with Gasteiger partial charge in [-0.15, -0.1) is 0 Å². The van der Waals surface area contributed by atoms with Crippen LogP contribution in [0.15, 0.2) is 77.0 Å². The van der Waals surface area contributed by atoms with Gasteiger partial charge in [-0.3, -0.25) is 9.78 Å². The molecule has 0 bridgehead atoms. The third-order valence-corrected chi connectivity index (χ3v) is 4.57. The molecule has 0 aliphatic carbocycles. The lowest BCUT2D eigenvalue weighted by Gasteiger charge is -2.16. The molecule has 3 aromatic rings. The molecule has 1 amide bonds. The van der Waals surface area contributed by atoms with Gasteiger partial charge in [0.15, 0.2) is 0 Å². The molecule has 0 aliphatic rings. The van der Waals surface area contributed by atoms with E-state index in [1.165, 1.54) is 11.8 Å². The summed E-state index contributed by atoms with van der Waals surface area (Å²) in [6, 6.07) is 14.8. The van der Waals surface area contributed by atoms with Crippen LogP contribution < -0.4 is 4.90 Å². The van der Waals surface area contributed by atoms with Crippen LogP contribution in [0.4, 0.5) is 5.69 Å². The first-order valence-electron chi connectivity index (χ1n) is 7.21. The minimum atomic E-state index is -0.126. The molecular weight excluding hydrogens is 342 g/mol. The molecule has 2 aromatic heterocycles. The SMILES string of the molecule is CN(C(=O)c1ccc(Sc2ccc(Cl)cc2)nc1)c1cccnc1. The number of benzene rings is 1. The molecule has 0 fully saturated rings. The van der Waals surface area contributed by atoms with Crippen LogP contribution in [-0.4, -0.2) is 22.9 Å². The van der Waals surface area contributed by atoms with E-state index in [0.717, 1.165) is 15.6 Å². The molecule has 0 atom stereocenters. The summed E-state index contributed by atoms with van der Waals surface area (Å²) in [6.07, 6.45) is 4.91. The molecule has 3 rings (SSSR count). The summed E-state index contributed by atoms with van der Waals surface area (Å²) in [6.45, 7) is 0. The lowest BCUT2D eigenvalue weighted by molar-refractivity contribution is 0.0992. The Morgan fingerprint density at radius 1 is 1.08 bits per heavy atom. The van der Waals surface area contributed by atoms with Crippen LogP contribution in [0.2, 0.25) is 5.02 Å². The smallest absolute Gasteiger partial charge is 0.259 e. The Bertz CT molecular complexity index is 823. The van der Waals surface area contributed by atoms with Crippen LogP contribution in [0, 0.1) is 0 Å². The number of nitrogens with zero attached hydrogens (tertiary/aromatic N) is 3. The Balaban J connectivity index is 1.72. The van der Waals surface area contributed by atoms with Crippen molar-refractivity contribution in [2.24, 2.45) is 0 Å². The Morgan fingerprint density at radius 2 is 1.88 bits per heavy atom. The van der Waals surface area contributed by atoms with Gasteiger partial charge in [-0.25, -0.2) is 4.98 Å². The van der Waals surface area contributed by atoms with Gasteiger partial charge in [-0.1, -0.05) is 23.4 Å². The van der Waals surface area contributed by atoms with Gasteiger partial charge in [0, 0.05) is 29.4 Å². The Labute approximate surface area is 149 Å². The second-order valence-corrected chi connectivity index (χ2v) is 6.55. The maximum Gasteiger partial charge on any atom is 0.259 e. The van der Waals surface area contributed by atoms with Crippen molar-refractivity contribution in [1.82, 2.24) is 9.97 Å². The number of amides is 1. The number of halogens is 1. The Kier molecular flexibility index (Phi) is 5.13. The first-order chi connectivity index (χ1) is 11.6. The van der Waals surface area contributed by atoms with Gasteiger partial charge in [0.05, 0.1) is 17.4 Å². The predicted molar refractivity (Wildman–Crippen MR) is 96.8 cm³/mol. The molecule has 0 saturated heterocycles. The molecule has 2 heterocycles. The van der Waals surface area contributed by atoms with Crippen molar-refractivity contribution in [3.8, 4) is 0 Å². The van der Waals surface area contributed by atoms with Gasteiger partial charge in [-0.05, 0) is 48.5 Å². The van der Waals surface area contributed by atoms with Crippen molar-refractivity contribution < 1.29 is 4.79 Å². The van der Waals surface area contributed by atoms with Gasteiger partial charge in [0.25, 0.3) is 5.91 Å². The summed E-state index contributed by atoms with van der Waals surface area (Å²) in [7, 11) is 1.72. The van der Waals surface area contributed by atoms with Crippen LogP contribution in [0.3, 0.4) is 0 Å². The lowest BCUT2D eigenvalue weighted by Crippen LogP contribution is -2.26. The van der Waals surface area contributed by atoms with Gasteiger partial charge in [-0.2, -0.15) is 0 Å². The van der Waals surface area contributed by atoms with E-state index < -0.39 is 0 Å². The van der Waals surface area contributed by atoms with Crippen LogP contribution >= 0.6 is 23.4 Å². The first kappa shape index (κ1) is 16.5. The quantitative estimate of drug-likeness (QED) is 0.688. The molecule has 4 nitrogen and oxygen atoms in total. The average molecular weight is 356 g/mol. The third kappa shape index (κ3) is 3.93. The number of hydrogen-bond donors (Lipinski definition) is 0. The van der Waals surface area contributed by atoms with E-state index in [1.54, 1.807) is 42.7 Å². The van der Waals surface area contributed by atoms with Crippen molar-refractivity contribution >= 4 is 35.0 Å². The number of carbonyl (C=O) groups is 1. The van der Waals surface area contributed by atoms with Crippen molar-refractivity contribution in [1.29, 1.82) is 0 Å². The van der Waals surface area contributed by atoms with Crippen molar-refractivity contribution in [3.05, 3.63) is 77.7 Å². The van der Waals surface area contributed by atoms with Crippen molar-refractivity contribution in [3.63, 3.8) is 0 Å². The van der Waals surface area contributed by atoms with Crippen molar-refractivity contribution in [2.75, 3.05) is 11.9 Å². The molecule has 0 unspecified atom stereocenters. The standard InChI is InChI=1S/C18H14ClN3OS/c1-22(15-3-2-10-20-12-15)18(23)13-4-9-17(21-11-13)24-16-7-5-14(19)6-8-16/h2-12H,1H3. The highest BCUT2D eigenvalue weighted by Crippen LogP contribution is 2.27. The monoisotopic (exact) mass is 355 g/mol. The highest BCUT2D eigenvalue weighted by Gasteiger charge is 2.14. The van der Waals surface area contributed by atoms with Crippen LogP contribution in [-0.2, 0) is 0 Å². The summed E-state index contributed by atoms with van der Waals surface area (Å²) in [4.78, 5) is 23.5. The third-order valence-electron chi connectivity index (χ3n) is 3.36. The highest BCUT2D eigenvalue weighted by atomic mass is 35.5. The topological polar surface area (TPSA) is 46.1 Å². The van der Waals surface area contributed by atoms with Gasteiger partial charge < -0.3 is 4.90 Å². The normalized spacial score (nSPS) is 10.4. The van der Waals surface area contributed by atoms with Crippen LogP contribution in [0.1, 0.15) is 10.4 Å². The van der Waals surface area contributed by atoms with Crippen molar-refractivity contribution in [2.45, 2.75) is 9.92 Å². The number of carbonyl (C=O) groups excluding carboxylic acids is 1. The molecule has 0 N–H and O–H groups in total. The van der Waals surface area contributed by atoms with Gasteiger partial charge >= 0.3 is 0 Å². The molecule has 120 valence electrons. The number of hydrogen-bond acceptors (Lipinski definition) is 4. The molecule has 24 heavy (non-hydrogen) atoms. The number of aromatic nitrogens is 2. The first-order valence-corrected chi connectivity index (χ1v) is 8.40. The Morgan fingerprint density at radius 3 is 2.50 bits per heavy atom. The fourth-order valence-electron chi connectivity index (χ4n) is 2.05. The van der Waals surface area contributed by atoms with E-state index in [2.05, 4.69) is 9.97 Å². The number of anilines is 1. The number of pyridine rings is 2. The summed E-state index contributed by atoms with van der Waals surface area (Å²) < 4.78 is 0. The molecule has 0 radical (unpaired) electrons. The van der Waals surface area contributed by atoms with Crippen LogP contribution in [0.5, 0.6) is 0 Å². The van der Waals surface area contributed by atoms with Crippen LogP contribution in [0.25, 0.3) is 0 Å². The molecule has 1 aromatic carbocycles.